The zero-order valence-corrected chi connectivity index (χ0v) is 14.0. The molecule has 1 aliphatic rings. The first kappa shape index (κ1) is 14.5. The van der Waals surface area contributed by atoms with Crippen LogP contribution in [-0.4, -0.2) is 20.6 Å². The monoisotopic (exact) mass is 347 g/mol. The van der Waals surface area contributed by atoms with Gasteiger partial charge in [-0.15, -0.1) is 11.3 Å². The molecule has 6 nitrogen and oxygen atoms in total. The molecule has 8 heteroatoms. The normalized spacial score (nSPS) is 13.4. The maximum absolute atomic E-state index is 12.1. The molecule has 23 heavy (non-hydrogen) atoms. The molecule has 0 N–H and O–H groups in total. The van der Waals surface area contributed by atoms with Crippen LogP contribution in [0, 0.1) is 6.92 Å². The Morgan fingerprint density at radius 2 is 2.22 bits per heavy atom. The zero-order valence-electron chi connectivity index (χ0n) is 12.4. The van der Waals surface area contributed by atoms with Crippen molar-refractivity contribution in [2.45, 2.75) is 32.8 Å². The SMILES string of the molecule is Cc1cc(=O)n2nc(COC(=O)c3cc4c(s3)CCC4)sc2n1. The summed E-state index contributed by atoms with van der Waals surface area (Å²) < 4.78 is 6.56. The molecule has 0 fully saturated rings. The fraction of sp³-hybridized carbons (Fsp3) is 0.333. The number of esters is 1. The lowest BCUT2D eigenvalue weighted by Gasteiger charge is -1.99. The number of thiophene rings is 1. The van der Waals surface area contributed by atoms with E-state index in [1.165, 1.54) is 50.1 Å². The van der Waals surface area contributed by atoms with Crippen molar-refractivity contribution in [2.75, 3.05) is 0 Å². The molecule has 0 spiro atoms. The first-order valence-corrected chi connectivity index (χ1v) is 8.88. The predicted molar refractivity (Wildman–Crippen MR) is 87.3 cm³/mol. The molecule has 0 radical (unpaired) electrons. The molecule has 0 atom stereocenters. The maximum Gasteiger partial charge on any atom is 0.348 e. The highest BCUT2D eigenvalue weighted by molar-refractivity contribution is 7.16. The van der Waals surface area contributed by atoms with E-state index < -0.39 is 0 Å². The van der Waals surface area contributed by atoms with Crippen molar-refractivity contribution in [1.82, 2.24) is 14.6 Å². The van der Waals surface area contributed by atoms with Gasteiger partial charge in [-0.05, 0) is 37.8 Å². The van der Waals surface area contributed by atoms with Crippen LogP contribution in [0.1, 0.15) is 37.2 Å². The number of hydrogen-bond donors (Lipinski definition) is 0. The largest absolute Gasteiger partial charge is 0.454 e. The minimum Gasteiger partial charge on any atom is -0.454 e. The van der Waals surface area contributed by atoms with Gasteiger partial charge in [0.25, 0.3) is 5.56 Å². The standard InChI is InChI=1S/C15H13N3O3S2/c1-8-5-13(19)18-15(16-8)23-12(17-18)7-21-14(20)11-6-9-3-2-4-10(9)22-11/h5-6H,2-4,7H2,1H3. The second-order valence-corrected chi connectivity index (χ2v) is 7.59. The smallest absolute Gasteiger partial charge is 0.348 e. The van der Waals surface area contributed by atoms with Gasteiger partial charge in [-0.2, -0.15) is 9.61 Å². The average Bonchev–Trinajstić information content (AvgIpc) is 3.17. The highest BCUT2D eigenvalue weighted by Gasteiger charge is 2.19. The lowest BCUT2D eigenvalue weighted by molar-refractivity contribution is 0.0477. The minimum absolute atomic E-state index is 0.0495. The van der Waals surface area contributed by atoms with Crippen molar-refractivity contribution >= 4 is 33.6 Å². The predicted octanol–water partition coefficient (Wildman–Crippen LogP) is 2.37. The molecule has 0 unspecified atom stereocenters. The molecular weight excluding hydrogens is 334 g/mol. The van der Waals surface area contributed by atoms with E-state index >= 15 is 0 Å². The summed E-state index contributed by atoms with van der Waals surface area (Å²) in [5, 5.41) is 4.71. The van der Waals surface area contributed by atoms with Gasteiger partial charge >= 0.3 is 5.97 Å². The Morgan fingerprint density at radius 3 is 3.04 bits per heavy atom. The Bertz CT molecular complexity index is 949. The number of aromatic nitrogens is 3. The minimum atomic E-state index is -0.333. The van der Waals surface area contributed by atoms with Gasteiger partial charge in [0, 0.05) is 16.6 Å². The van der Waals surface area contributed by atoms with Gasteiger partial charge in [0.05, 0.1) is 0 Å². The van der Waals surface area contributed by atoms with Crippen molar-refractivity contribution in [3.05, 3.63) is 48.5 Å². The maximum atomic E-state index is 12.1. The Hall–Kier alpha value is -2.06. The molecule has 1 aliphatic carbocycles. The highest BCUT2D eigenvalue weighted by Crippen LogP contribution is 2.31. The number of ether oxygens (including phenoxy) is 1. The molecule has 0 aliphatic heterocycles. The molecule has 3 aromatic heterocycles. The molecule has 4 rings (SSSR count). The lowest BCUT2D eigenvalue weighted by atomic mass is 10.2. The third-order valence-electron chi connectivity index (χ3n) is 3.69. The lowest BCUT2D eigenvalue weighted by Crippen LogP contribution is -2.14. The summed E-state index contributed by atoms with van der Waals surface area (Å²) in [7, 11) is 0. The van der Waals surface area contributed by atoms with Gasteiger partial charge in [0.15, 0.2) is 5.01 Å². The van der Waals surface area contributed by atoms with Gasteiger partial charge in [0.1, 0.15) is 11.5 Å². The van der Waals surface area contributed by atoms with E-state index in [0.29, 0.717) is 20.5 Å². The Labute approximate surface area is 139 Å². The fourth-order valence-electron chi connectivity index (χ4n) is 2.65. The first-order valence-electron chi connectivity index (χ1n) is 7.25. The summed E-state index contributed by atoms with van der Waals surface area (Å²) in [5.74, 6) is -0.333. The topological polar surface area (TPSA) is 73.6 Å². The number of fused-ring (bicyclic) bond motifs is 2. The van der Waals surface area contributed by atoms with Crippen molar-refractivity contribution in [1.29, 1.82) is 0 Å². The second-order valence-electron chi connectivity index (χ2n) is 5.41. The van der Waals surface area contributed by atoms with E-state index in [1.54, 1.807) is 6.92 Å². The van der Waals surface area contributed by atoms with E-state index in [0.717, 1.165) is 12.8 Å². The van der Waals surface area contributed by atoms with Crippen molar-refractivity contribution in [3.8, 4) is 0 Å². The quantitative estimate of drug-likeness (QED) is 0.680. The van der Waals surface area contributed by atoms with Gasteiger partial charge in [-0.3, -0.25) is 4.79 Å². The number of carbonyl (C=O) groups is 1. The summed E-state index contributed by atoms with van der Waals surface area (Å²) in [6.45, 7) is 1.81. The molecule has 3 heterocycles. The number of rotatable bonds is 3. The molecule has 118 valence electrons. The second kappa shape index (κ2) is 5.54. The van der Waals surface area contributed by atoms with E-state index in [2.05, 4.69) is 10.1 Å². The van der Waals surface area contributed by atoms with Crippen LogP contribution in [0.25, 0.3) is 4.96 Å². The van der Waals surface area contributed by atoms with Gasteiger partial charge in [-0.1, -0.05) is 11.3 Å². The summed E-state index contributed by atoms with van der Waals surface area (Å²) in [6, 6.07) is 3.36. The molecule has 0 bridgehead atoms. The first-order chi connectivity index (χ1) is 11.1. The molecule has 3 aromatic rings. The van der Waals surface area contributed by atoms with Crippen LogP contribution in [0.4, 0.5) is 0 Å². The van der Waals surface area contributed by atoms with Gasteiger partial charge in [0.2, 0.25) is 4.96 Å². The van der Waals surface area contributed by atoms with Crippen LogP contribution in [0.2, 0.25) is 0 Å². The van der Waals surface area contributed by atoms with Crippen molar-refractivity contribution < 1.29 is 9.53 Å². The molecule has 0 aromatic carbocycles. The average molecular weight is 347 g/mol. The van der Waals surface area contributed by atoms with Crippen molar-refractivity contribution in [3.63, 3.8) is 0 Å². The van der Waals surface area contributed by atoms with Crippen LogP contribution in [0.15, 0.2) is 16.9 Å². The number of nitrogens with zero attached hydrogens (tertiary/aromatic N) is 3. The van der Waals surface area contributed by atoms with Crippen LogP contribution >= 0.6 is 22.7 Å². The Morgan fingerprint density at radius 1 is 1.35 bits per heavy atom. The number of aryl methyl sites for hydroxylation is 3. The third kappa shape index (κ3) is 2.68. The highest BCUT2D eigenvalue weighted by atomic mass is 32.1. The van der Waals surface area contributed by atoms with E-state index in [4.69, 9.17) is 4.74 Å². The molecule has 0 amide bonds. The van der Waals surface area contributed by atoms with Gasteiger partial charge < -0.3 is 4.74 Å². The van der Waals surface area contributed by atoms with E-state index in [9.17, 15) is 9.59 Å². The Kier molecular flexibility index (Phi) is 3.50. The summed E-state index contributed by atoms with van der Waals surface area (Å²) in [6.07, 6.45) is 3.27. The summed E-state index contributed by atoms with van der Waals surface area (Å²) in [4.78, 5) is 30.7. The van der Waals surface area contributed by atoms with Crippen molar-refractivity contribution in [2.24, 2.45) is 0 Å². The molecule has 0 saturated carbocycles. The molecular formula is C15H13N3O3S2. The van der Waals surface area contributed by atoms with Crippen LogP contribution in [-0.2, 0) is 24.2 Å². The van der Waals surface area contributed by atoms with E-state index in [1.807, 2.05) is 6.07 Å². The zero-order chi connectivity index (χ0) is 16.0. The summed E-state index contributed by atoms with van der Waals surface area (Å²) >= 11 is 2.77. The number of carbonyl (C=O) groups excluding carboxylic acids is 1. The third-order valence-corrected chi connectivity index (χ3v) is 5.79. The number of hydrogen-bond acceptors (Lipinski definition) is 7. The van der Waals surface area contributed by atoms with Crippen LogP contribution in [0.5, 0.6) is 0 Å². The Balaban J connectivity index is 1.51. The molecule has 0 saturated heterocycles. The fourth-order valence-corrected chi connectivity index (χ4v) is 4.65. The van der Waals surface area contributed by atoms with E-state index in [-0.39, 0.29) is 18.1 Å². The van der Waals surface area contributed by atoms with Gasteiger partial charge in [-0.25, -0.2) is 9.78 Å². The van der Waals surface area contributed by atoms with Crippen LogP contribution in [0.3, 0.4) is 0 Å². The summed E-state index contributed by atoms with van der Waals surface area (Å²) in [5.41, 5.74) is 1.69. The van der Waals surface area contributed by atoms with Crippen LogP contribution < -0.4 is 5.56 Å².